The number of nitrogens with two attached hydrogens (primary N) is 1. The Morgan fingerprint density at radius 2 is 2.21 bits per heavy atom. The van der Waals surface area contributed by atoms with Crippen molar-refractivity contribution in [3.63, 3.8) is 0 Å². The number of likely N-dealkylation sites (tertiary alicyclic amines) is 1. The van der Waals surface area contributed by atoms with E-state index in [1.165, 1.54) is 17.3 Å². The van der Waals surface area contributed by atoms with Gasteiger partial charge in [0.25, 0.3) is 0 Å². The quantitative estimate of drug-likeness (QED) is 0.605. The minimum absolute atomic E-state index is 0.192. The molecule has 0 radical (unpaired) electrons. The maximum absolute atomic E-state index is 13.1. The molecular formula is C19H29N5OS3. The molecule has 154 valence electrons. The van der Waals surface area contributed by atoms with Crippen LogP contribution in [0.2, 0.25) is 0 Å². The number of thiophene rings is 1. The summed E-state index contributed by atoms with van der Waals surface area (Å²) in [5.74, 6) is 0.611. The van der Waals surface area contributed by atoms with Crippen molar-refractivity contribution >= 4 is 40.3 Å². The molecule has 0 aromatic carbocycles. The third-order valence-corrected chi connectivity index (χ3v) is 7.92. The van der Waals surface area contributed by atoms with Crippen LogP contribution in [0.3, 0.4) is 0 Å². The number of thioether (sulfide) groups is 1. The molecule has 0 aliphatic carbocycles. The van der Waals surface area contributed by atoms with E-state index in [0.29, 0.717) is 24.4 Å². The van der Waals surface area contributed by atoms with Crippen molar-refractivity contribution in [2.24, 2.45) is 5.73 Å². The molecule has 28 heavy (non-hydrogen) atoms. The maximum Gasteiger partial charge on any atom is 0.233 e. The van der Waals surface area contributed by atoms with E-state index in [4.69, 9.17) is 5.73 Å². The van der Waals surface area contributed by atoms with Crippen molar-refractivity contribution in [1.82, 2.24) is 20.0 Å². The van der Waals surface area contributed by atoms with E-state index in [9.17, 15) is 4.79 Å². The van der Waals surface area contributed by atoms with E-state index in [2.05, 4.69) is 43.7 Å². The van der Waals surface area contributed by atoms with Gasteiger partial charge < -0.3 is 15.5 Å². The summed E-state index contributed by atoms with van der Waals surface area (Å²) in [5.41, 5.74) is 6.94. The monoisotopic (exact) mass is 439 g/mol. The fraction of sp³-hybridized carbons (Fsp3) is 0.632. The molecule has 1 aliphatic heterocycles. The first-order valence-corrected chi connectivity index (χ1v) is 12.5. The second-order valence-corrected chi connectivity index (χ2v) is 10.4. The molecular weight excluding hydrogens is 410 g/mol. The summed E-state index contributed by atoms with van der Waals surface area (Å²) in [6.45, 7) is 7.67. The fourth-order valence-corrected chi connectivity index (χ4v) is 5.97. The first kappa shape index (κ1) is 21.7. The zero-order valence-electron chi connectivity index (χ0n) is 16.5. The van der Waals surface area contributed by atoms with E-state index >= 15 is 0 Å². The normalized spacial score (nSPS) is 17.0. The van der Waals surface area contributed by atoms with Gasteiger partial charge in [-0.25, -0.2) is 0 Å². The summed E-state index contributed by atoms with van der Waals surface area (Å²) < 4.78 is 0.867. The highest BCUT2D eigenvalue weighted by Gasteiger charge is 2.29. The highest BCUT2D eigenvalue weighted by Crippen LogP contribution is 2.26. The molecule has 1 unspecified atom stereocenters. The Bertz CT molecular complexity index is 728. The molecule has 1 amide bonds. The number of nitrogens with zero attached hydrogens (tertiary/aromatic N) is 4. The summed E-state index contributed by atoms with van der Waals surface area (Å²) in [7, 11) is 0. The molecule has 0 spiro atoms. The van der Waals surface area contributed by atoms with Gasteiger partial charge in [-0.1, -0.05) is 23.1 Å². The summed E-state index contributed by atoms with van der Waals surface area (Å²) in [5, 5.41) is 13.3. The largest absolute Gasteiger partial charge is 0.335 e. The number of carbonyl (C=O) groups is 1. The van der Waals surface area contributed by atoms with Crippen molar-refractivity contribution in [2.45, 2.75) is 56.1 Å². The van der Waals surface area contributed by atoms with Crippen LogP contribution in [-0.4, -0.2) is 63.4 Å². The molecule has 3 heterocycles. The van der Waals surface area contributed by atoms with E-state index in [0.717, 1.165) is 48.2 Å². The SMILES string of the molecule is Cc1nnc(SCC(=O)N(Cc2ccsc2)C2CCN(C(C)CCN)CC2)s1. The second-order valence-electron chi connectivity index (χ2n) is 7.22. The Balaban J connectivity index is 1.61. The second kappa shape index (κ2) is 10.7. The van der Waals surface area contributed by atoms with Crippen molar-refractivity contribution in [3.8, 4) is 0 Å². The van der Waals surface area contributed by atoms with Gasteiger partial charge in [0.1, 0.15) is 5.01 Å². The zero-order chi connectivity index (χ0) is 19.9. The first-order chi connectivity index (χ1) is 13.6. The van der Waals surface area contributed by atoms with Gasteiger partial charge in [0.05, 0.1) is 5.75 Å². The Kier molecular flexibility index (Phi) is 8.28. The first-order valence-electron chi connectivity index (χ1n) is 9.74. The molecule has 2 aromatic rings. The summed E-state index contributed by atoms with van der Waals surface area (Å²) in [6.07, 6.45) is 3.07. The highest BCUT2D eigenvalue weighted by molar-refractivity contribution is 8.01. The lowest BCUT2D eigenvalue weighted by Crippen LogP contribution is -2.49. The Morgan fingerprint density at radius 1 is 1.43 bits per heavy atom. The predicted molar refractivity (Wildman–Crippen MR) is 118 cm³/mol. The molecule has 1 fully saturated rings. The van der Waals surface area contributed by atoms with Crippen LogP contribution in [0.5, 0.6) is 0 Å². The van der Waals surface area contributed by atoms with Crippen molar-refractivity contribution in [1.29, 1.82) is 0 Å². The van der Waals surface area contributed by atoms with Crippen LogP contribution < -0.4 is 5.73 Å². The molecule has 1 saturated heterocycles. The molecule has 0 saturated carbocycles. The van der Waals surface area contributed by atoms with Crippen molar-refractivity contribution in [3.05, 3.63) is 27.4 Å². The van der Waals surface area contributed by atoms with Gasteiger partial charge >= 0.3 is 0 Å². The number of amides is 1. The van der Waals surface area contributed by atoms with Gasteiger partial charge in [-0.05, 0) is 62.0 Å². The maximum atomic E-state index is 13.1. The van der Waals surface area contributed by atoms with E-state index in [1.54, 1.807) is 22.7 Å². The van der Waals surface area contributed by atoms with Gasteiger partial charge in [-0.3, -0.25) is 4.79 Å². The van der Waals surface area contributed by atoms with Gasteiger partial charge in [-0.2, -0.15) is 11.3 Å². The summed E-state index contributed by atoms with van der Waals surface area (Å²) in [4.78, 5) is 17.7. The van der Waals surface area contributed by atoms with Gasteiger partial charge in [0.2, 0.25) is 5.91 Å². The lowest BCUT2D eigenvalue weighted by atomic mass is 10.00. The number of rotatable bonds is 9. The third kappa shape index (κ3) is 6.00. The van der Waals surface area contributed by atoms with Crippen LogP contribution in [0.4, 0.5) is 0 Å². The number of carbonyl (C=O) groups excluding carboxylic acids is 1. The number of aryl methyl sites for hydroxylation is 1. The lowest BCUT2D eigenvalue weighted by Gasteiger charge is -2.40. The third-order valence-electron chi connectivity index (χ3n) is 5.23. The number of aromatic nitrogens is 2. The van der Waals surface area contributed by atoms with Gasteiger partial charge in [0, 0.05) is 31.7 Å². The Labute approximate surface area is 179 Å². The fourth-order valence-electron chi connectivity index (χ4n) is 3.61. The highest BCUT2D eigenvalue weighted by atomic mass is 32.2. The summed E-state index contributed by atoms with van der Waals surface area (Å²) >= 11 is 4.73. The average Bonchev–Trinajstić information content (AvgIpc) is 3.36. The van der Waals surface area contributed by atoms with Crippen LogP contribution >= 0.6 is 34.4 Å². The van der Waals surface area contributed by atoms with Crippen LogP contribution in [0.1, 0.15) is 36.8 Å². The van der Waals surface area contributed by atoms with Gasteiger partial charge in [0.15, 0.2) is 4.34 Å². The van der Waals surface area contributed by atoms with Gasteiger partial charge in [-0.15, -0.1) is 10.2 Å². The minimum Gasteiger partial charge on any atom is -0.335 e. The van der Waals surface area contributed by atoms with Crippen LogP contribution in [0.25, 0.3) is 0 Å². The number of hydrogen-bond acceptors (Lipinski definition) is 8. The standard InChI is InChI=1S/C19H29N5OS3/c1-14(3-7-20)23-8-4-17(5-9-23)24(11-16-6-10-26-12-16)18(25)13-27-19-22-21-15(2)28-19/h6,10,12,14,17H,3-5,7-9,11,13,20H2,1-2H3. The Hall–Kier alpha value is -1.00. The number of hydrogen-bond donors (Lipinski definition) is 1. The van der Waals surface area contributed by atoms with E-state index < -0.39 is 0 Å². The lowest BCUT2D eigenvalue weighted by molar-refractivity contribution is -0.132. The van der Waals surface area contributed by atoms with Crippen molar-refractivity contribution < 1.29 is 4.79 Å². The average molecular weight is 440 g/mol. The van der Waals surface area contributed by atoms with E-state index in [-0.39, 0.29) is 5.91 Å². The molecule has 2 aromatic heterocycles. The van der Waals surface area contributed by atoms with Crippen LogP contribution in [0, 0.1) is 6.92 Å². The molecule has 6 nitrogen and oxygen atoms in total. The molecule has 3 rings (SSSR count). The Morgan fingerprint density at radius 3 is 2.82 bits per heavy atom. The van der Waals surface area contributed by atoms with E-state index in [1.807, 2.05) is 6.92 Å². The van der Waals surface area contributed by atoms with Crippen LogP contribution in [0.15, 0.2) is 21.2 Å². The topological polar surface area (TPSA) is 75.4 Å². The predicted octanol–water partition coefficient (Wildman–Crippen LogP) is 3.23. The molecule has 0 bridgehead atoms. The smallest absolute Gasteiger partial charge is 0.233 e. The molecule has 1 aliphatic rings. The molecule has 2 N–H and O–H groups in total. The minimum atomic E-state index is 0.192. The molecule has 1 atom stereocenters. The number of piperidine rings is 1. The van der Waals surface area contributed by atoms with Crippen molar-refractivity contribution in [2.75, 3.05) is 25.4 Å². The van der Waals surface area contributed by atoms with Crippen LogP contribution in [-0.2, 0) is 11.3 Å². The summed E-state index contributed by atoms with van der Waals surface area (Å²) in [6, 6.07) is 2.93. The zero-order valence-corrected chi connectivity index (χ0v) is 19.0. The molecule has 9 heteroatoms.